The predicted molar refractivity (Wildman–Crippen MR) is 122 cm³/mol. The smallest absolute Gasteiger partial charge is 0.408 e. The van der Waals surface area contributed by atoms with Gasteiger partial charge in [-0.3, -0.25) is 4.79 Å². The highest BCUT2D eigenvalue weighted by atomic mass is 16.5. The van der Waals surface area contributed by atoms with Crippen molar-refractivity contribution in [2.75, 3.05) is 7.11 Å². The summed E-state index contributed by atoms with van der Waals surface area (Å²) >= 11 is 0. The Morgan fingerprint density at radius 2 is 1.47 bits per heavy atom. The van der Waals surface area contributed by atoms with E-state index in [1.54, 1.807) is 0 Å². The van der Waals surface area contributed by atoms with Gasteiger partial charge in [-0.1, -0.05) is 74.5 Å². The summed E-state index contributed by atoms with van der Waals surface area (Å²) in [5, 5.41) is 5.34. The van der Waals surface area contributed by atoms with E-state index in [-0.39, 0.29) is 12.5 Å². The van der Waals surface area contributed by atoms with Crippen LogP contribution in [0, 0.1) is 5.92 Å². The van der Waals surface area contributed by atoms with Crippen molar-refractivity contribution < 1.29 is 23.9 Å². The molecule has 0 unspecified atom stereocenters. The summed E-state index contributed by atoms with van der Waals surface area (Å²) < 4.78 is 10.1. The van der Waals surface area contributed by atoms with Crippen LogP contribution in [0.2, 0.25) is 0 Å². The summed E-state index contributed by atoms with van der Waals surface area (Å²) in [7, 11) is 1.29. The Kier molecular flexibility index (Phi) is 10.2. The summed E-state index contributed by atoms with van der Waals surface area (Å²) in [5.74, 6) is -1.17. The number of hydrogen-bond donors (Lipinski definition) is 2. The number of methoxy groups -OCH3 is 1. The van der Waals surface area contributed by atoms with E-state index in [2.05, 4.69) is 10.6 Å². The molecule has 172 valence electrons. The highest BCUT2D eigenvalue weighted by molar-refractivity contribution is 5.89. The SMILES string of the molecule is COC(=O)[C@H](CCCc1ccccc1)NC(=O)[C@@H](NC(=O)OCc1ccccc1)C(C)C. The molecule has 2 aromatic carbocycles. The van der Waals surface area contributed by atoms with Crippen molar-refractivity contribution in [2.24, 2.45) is 5.92 Å². The number of nitrogens with one attached hydrogen (secondary N) is 2. The van der Waals surface area contributed by atoms with Crippen LogP contribution in [0.4, 0.5) is 4.79 Å². The molecule has 2 N–H and O–H groups in total. The van der Waals surface area contributed by atoms with E-state index >= 15 is 0 Å². The monoisotopic (exact) mass is 440 g/mol. The second-order valence-corrected chi connectivity index (χ2v) is 7.89. The average Bonchev–Trinajstić information content (AvgIpc) is 2.81. The zero-order chi connectivity index (χ0) is 23.3. The molecule has 2 aromatic rings. The molecule has 2 rings (SSSR count). The molecule has 0 fully saturated rings. The first-order chi connectivity index (χ1) is 15.4. The van der Waals surface area contributed by atoms with Crippen LogP contribution < -0.4 is 10.6 Å². The predicted octanol–water partition coefficient (Wildman–Crippen LogP) is 3.62. The first kappa shape index (κ1) is 24.9. The molecule has 0 aliphatic heterocycles. The van der Waals surface area contributed by atoms with Crippen LogP contribution in [0.25, 0.3) is 0 Å². The number of aryl methyl sites for hydroxylation is 1. The molecule has 0 aliphatic carbocycles. The molecule has 0 spiro atoms. The van der Waals surface area contributed by atoms with Crippen LogP contribution >= 0.6 is 0 Å². The van der Waals surface area contributed by atoms with Gasteiger partial charge in [0, 0.05) is 0 Å². The van der Waals surface area contributed by atoms with Crippen molar-refractivity contribution in [1.82, 2.24) is 10.6 Å². The molecule has 2 amide bonds. The molecule has 0 radical (unpaired) electrons. The van der Waals surface area contributed by atoms with E-state index in [0.29, 0.717) is 12.8 Å². The number of carbonyl (C=O) groups excluding carboxylic acids is 3. The molecule has 7 nitrogen and oxygen atoms in total. The lowest BCUT2D eigenvalue weighted by Crippen LogP contribution is -2.54. The summed E-state index contributed by atoms with van der Waals surface area (Å²) in [6, 6.07) is 17.5. The lowest BCUT2D eigenvalue weighted by molar-refractivity contribution is -0.145. The highest BCUT2D eigenvalue weighted by Gasteiger charge is 2.29. The van der Waals surface area contributed by atoms with Crippen LogP contribution in [0.1, 0.15) is 37.8 Å². The third-order valence-corrected chi connectivity index (χ3v) is 5.04. The van der Waals surface area contributed by atoms with Crippen LogP contribution in [0.5, 0.6) is 0 Å². The molecule has 0 saturated carbocycles. The molecule has 32 heavy (non-hydrogen) atoms. The lowest BCUT2D eigenvalue weighted by atomic mass is 10.0. The minimum atomic E-state index is -0.848. The van der Waals surface area contributed by atoms with Crippen molar-refractivity contribution in [1.29, 1.82) is 0 Å². The maximum Gasteiger partial charge on any atom is 0.408 e. The maximum atomic E-state index is 12.9. The number of benzene rings is 2. The molecular weight excluding hydrogens is 408 g/mol. The van der Waals surface area contributed by atoms with E-state index < -0.39 is 30.1 Å². The van der Waals surface area contributed by atoms with Crippen molar-refractivity contribution in [3.63, 3.8) is 0 Å². The van der Waals surface area contributed by atoms with E-state index in [0.717, 1.165) is 17.5 Å². The average molecular weight is 441 g/mol. The Balaban J connectivity index is 1.91. The number of rotatable bonds is 11. The van der Waals surface area contributed by atoms with Crippen LogP contribution in [-0.2, 0) is 32.1 Å². The summed E-state index contributed by atoms with van der Waals surface area (Å²) in [5.41, 5.74) is 2.00. The van der Waals surface area contributed by atoms with Gasteiger partial charge in [-0.25, -0.2) is 9.59 Å². The zero-order valence-electron chi connectivity index (χ0n) is 18.9. The van der Waals surface area contributed by atoms with Gasteiger partial charge >= 0.3 is 12.1 Å². The topological polar surface area (TPSA) is 93.7 Å². The molecule has 0 bridgehead atoms. The van der Waals surface area contributed by atoms with Crippen molar-refractivity contribution >= 4 is 18.0 Å². The Morgan fingerprint density at radius 1 is 0.875 bits per heavy atom. The quantitative estimate of drug-likeness (QED) is 0.521. The normalized spacial score (nSPS) is 12.5. The second kappa shape index (κ2) is 13.1. The summed E-state index contributed by atoms with van der Waals surface area (Å²) in [4.78, 5) is 37.3. The Hall–Kier alpha value is -3.35. The molecule has 0 aliphatic rings. The molecule has 2 atom stereocenters. The fraction of sp³-hybridized carbons (Fsp3) is 0.400. The second-order valence-electron chi connectivity index (χ2n) is 7.89. The number of ether oxygens (including phenoxy) is 2. The fourth-order valence-electron chi connectivity index (χ4n) is 3.23. The molecule has 0 aromatic heterocycles. The van der Waals surface area contributed by atoms with Crippen molar-refractivity contribution in [3.05, 3.63) is 71.8 Å². The summed E-state index contributed by atoms with van der Waals surface area (Å²) in [6.07, 6.45) is 1.21. The third kappa shape index (κ3) is 8.41. The van der Waals surface area contributed by atoms with Gasteiger partial charge in [0.1, 0.15) is 18.7 Å². The van der Waals surface area contributed by atoms with Gasteiger partial charge in [0.25, 0.3) is 0 Å². The van der Waals surface area contributed by atoms with Crippen LogP contribution in [-0.4, -0.2) is 37.2 Å². The maximum absolute atomic E-state index is 12.9. The van der Waals surface area contributed by atoms with E-state index in [9.17, 15) is 14.4 Å². The number of hydrogen-bond acceptors (Lipinski definition) is 5. The van der Waals surface area contributed by atoms with Gasteiger partial charge in [-0.2, -0.15) is 0 Å². The minimum absolute atomic E-state index is 0.101. The Bertz CT molecular complexity index is 855. The van der Waals surface area contributed by atoms with Gasteiger partial charge in [0.2, 0.25) is 5.91 Å². The van der Waals surface area contributed by atoms with Crippen molar-refractivity contribution in [2.45, 2.75) is 51.8 Å². The van der Waals surface area contributed by atoms with Crippen molar-refractivity contribution in [3.8, 4) is 0 Å². The molecule has 0 saturated heterocycles. The van der Waals surface area contributed by atoms with Gasteiger partial charge in [0.15, 0.2) is 0 Å². The first-order valence-corrected chi connectivity index (χ1v) is 10.8. The number of amides is 2. The number of carbonyl (C=O) groups is 3. The first-order valence-electron chi connectivity index (χ1n) is 10.8. The fourth-order valence-corrected chi connectivity index (χ4v) is 3.23. The third-order valence-electron chi connectivity index (χ3n) is 5.04. The van der Waals surface area contributed by atoms with Gasteiger partial charge in [-0.05, 0) is 36.3 Å². The van der Waals surface area contributed by atoms with Gasteiger partial charge in [-0.15, -0.1) is 0 Å². The van der Waals surface area contributed by atoms with Gasteiger partial charge in [0.05, 0.1) is 7.11 Å². The summed E-state index contributed by atoms with van der Waals surface area (Å²) in [6.45, 7) is 3.72. The largest absolute Gasteiger partial charge is 0.467 e. The van der Waals surface area contributed by atoms with E-state index in [1.807, 2.05) is 74.5 Å². The van der Waals surface area contributed by atoms with Crippen LogP contribution in [0.15, 0.2) is 60.7 Å². The molecule has 7 heteroatoms. The number of esters is 1. The Labute approximate surface area is 189 Å². The van der Waals surface area contributed by atoms with Gasteiger partial charge < -0.3 is 20.1 Å². The zero-order valence-corrected chi connectivity index (χ0v) is 18.9. The lowest BCUT2D eigenvalue weighted by Gasteiger charge is -2.24. The highest BCUT2D eigenvalue weighted by Crippen LogP contribution is 2.10. The Morgan fingerprint density at radius 3 is 2.03 bits per heavy atom. The molecule has 0 heterocycles. The molecular formula is C25H32N2O5. The minimum Gasteiger partial charge on any atom is -0.467 e. The van der Waals surface area contributed by atoms with E-state index in [1.165, 1.54) is 7.11 Å². The van der Waals surface area contributed by atoms with Crippen LogP contribution in [0.3, 0.4) is 0 Å². The number of alkyl carbamates (subject to hydrolysis) is 1. The standard InChI is InChI=1S/C25H32N2O5/c1-18(2)22(27-25(30)32-17-20-13-8-5-9-14-20)23(28)26-21(24(29)31-3)16-10-15-19-11-6-4-7-12-19/h4-9,11-14,18,21-22H,10,15-17H2,1-3H3,(H,26,28)(H,27,30)/t21-,22-/m0/s1. The van der Waals surface area contributed by atoms with E-state index in [4.69, 9.17) is 9.47 Å².